The van der Waals surface area contributed by atoms with Crippen LogP contribution in [0, 0.1) is 11.8 Å². The van der Waals surface area contributed by atoms with Crippen molar-refractivity contribution in [2.75, 3.05) is 39.6 Å². The normalized spacial score (nSPS) is 38.7. The molecule has 3 fully saturated rings. The number of ether oxygens (including phenoxy) is 4. The molecule has 0 spiro atoms. The van der Waals surface area contributed by atoms with Gasteiger partial charge in [0.25, 0.3) is 0 Å². The number of hydrogen-bond donors (Lipinski definition) is 0. The molecule has 3 rings (SSSR count). The van der Waals surface area contributed by atoms with E-state index in [0.29, 0.717) is 12.2 Å². The van der Waals surface area contributed by atoms with Gasteiger partial charge in [-0.15, -0.1) is 0 Å². The summed E-state index contributed by atoms with van der Waals surface area (Å²) in [6.07, 6.45) is 5.97. The minimum atomic E-state index is 0.402. The van der Waals surface area contributed by atoms with Crippen LogP contribution in [0.3, 0.4) is 0 Å². The molecule has 0 aromatic rings. The molecule has 4 nitrogen and oxygen atoms in total. The summed E-state index contributed by atoms with van der Waals surface area (Å²) in [5.74, 6) is 1.51. The minimum absolute atomic E-state index is 0.402. The molecule has 2 unspecified atom stereocenters. The van der Waals surface area contributed by atoms with E-state index in [0.717, 1.165) is 51.5 Å². The summed E-state index contributed by atoms with van der Waals surface area (Å²) in [4.78, 5) is 0. The molecule has 4 heteroatoms. The van der Waals surface area contributed by atoms with Crippen LogP contribution in [0.25, 0.3) is 0 Å². The first kappa shape index (κ1) is 12.9. The van der Waals surface area contributed by atoms with Gasteiger partial charge in [-0.1, -0.05) is 0 Å². The van der Waals surface area contributed by atoms with Crippen molar-refractivity contribution in [2.45, 2.75) is 37.9 Å². The van der Waals surface area contributed by atoms with E-state index in [1.165, 1.54) is 25.7 Å². The van der Waals surface area contributed by atoms with Crippen molar-refractivity contribution in [3.63, 3.8) is 0 Å². The number of epoxide rings is 2. The summed E-state index contributed by atoms with van der Waals surface area (Å²) in [7, 11) is 0. The maximum Gasteiger partial charge on any atom is 0.104 e. The standard InChI is InChI=1S/C14H24O4/c1-2-12(6-16-8-14-10-18-14)4-3-11(1)5-15-7-13-9-17-13/h11-14H,1-10H2/t11-,12-,13?,14?. The molecule has 0 aromatic carbocycles. The highest BCUT2D eigenvalue weighted by Gasteiger charge is 2.26. The van der Waals surface area contributed by atoms with Gasteiger partial charge in [0.05, 0.1) is 26.4 Å². The van der Waals surface area contributed by atoms with Crippen molar-refractivity contribution in [1.82, 2.24) is 0 Å². The van der Waals surface area contributed by atoms with E-state index in [4.69, 9.17) is 18.9 Å². The lowest BCUT2D eigenvalue weighted by Crippen LogP contribution is -2.23. The summed E-state index contributed by atoms with van der Waals surface area (Å²) in [5.41, 5.74) is 0. The lowest BCUT2D eigenvalue weighted by Gasteiger charge is -2.28. The predicted molar refractivity (Wildman–Crippen MR) is 66.6 cm³/mol. The number of rotatable bonds is 8. The summed E-state index contributed by atoms with van der Waals surface area (Å²) in [6, 6.07) is 0. The van der Waals surface area contributed by atoms with Crippen molar-refractivity contribution in [2.24, 2.45) is 11.8 Å². The van der Waals surface area contributed by atoms with E-state index < -0.39 is 0 Å². The first-order valence-corrected chi connectivity index (χ1v) is 7.29. The van der Waals surface area contributed by atoms with Crippen LogP contribution in [0.2, 0.25) is 0 Å². The van der Waals surface area contributed by atoms with Gasteiger partial charge in [-0.05, 0) is 37.5 Å². The Bertz CT molecular complexity index is 216. The second kappa shape index (κ2) is 6.33. The lowest BCUT2D eigenvalue weighted by atomic mass is 9.83. The second-order valence-electron chi connectivity index (χ2n) is 5.87. The fourth-order valence-corrected chi connectivity index (χ4v) is 2.63. The Morgan fingerprint density at radius 3 is 1.39 bits per heavy atom. The Balaban J connectivity index is 1.21. The Morgan fingerprint density at radius 2 is 1.06 bits per heavy atom. The van der Waals surface area contributed by atoms with Crippen LogP contribution >= 0.6 is 0 Å². The molecule has 1 aliphatic carbocycles. The molecule has 2 heterocycles. The minimum Gasteiger partial charge on any atom is -0.378 e. The molecule has 1 saturated carbocycles. The molecular formula is C14H24O4. The Labute approximate surface area is 109 Å². The fourth-order valence-electron chi connectivity index (χ4n) is 2.63. The topological polar surface area (TPSA) is 43.5 Å². The van der Waals surface area contributed by atoms with E-state index in [1.807, 2.05) is 0 Å². The molecule has 0 amide bonds. The Morgan fingerprint density at radius 1 is 0.667 bits per heavy atom. The number of hydrogen-bond acceptors (Lipinski definition) is 4. The lowest BCUT2D eigenvalue weighted by molar-refractivity contribution is 0.0415. The van der Waals surface area contributed by atoms with Gasteiger partial charge in [-0.3, -0.25) is 0 Å². The Hall–Kier alpha value is -0.160. The fraction of sp³-hybridized carbons (Fsp3) is 1.00. The third-order valence-electron chi connectivity index (χ3n) is 4.09. The molecule has 0 N–H and O–H groups in total. The van der Waals surface area contributed by atoms with E-state index in [9.17, 15) is 0 Å². The molecule has 2 saturated heterocycles. The third kappa shape index (κ3) is 4.50. The van der Waals surface area contributed by atoms with Crippen LogP contribution in [0.15, 0.2) is 0 Å². The first-order chi connectivity index (χ1) is 8.90. The van der Waals surface area contributed by atoms with Crippen molar-refractivity contribution in [3.8, 4) is 0 Å². The monoisotopic (exact) mass is 256 g/mol. The third-order valence-corrected chi connectivity index (χ3v) is 4.09. The van der Waals surface area contributed by atoms with Crippen LogP contribution in [0.5, 0.6) is 0 Å². The van der Waals surface area contributed by atoms with Crippen LogP contribution in [0.4, 0.5) is 0 Å². The van der Waals surface area contributed by atoms with Crippen LogP contribution in [-0.4, -0.2) is 51.8 Å². The molecule has 2 aliphatic heterocycles. The average molecular weight is 256 g/mol. The summed E-state index contributed by atoms with van der Waals surface area (Å²) < 4.78 is 21.6. The maximum atomic E-state index is 5.68. The SMILES string of the molecule is C(OC[C@H]1CC[C@H](COCC2CO2)CC1)C1CO1. The molecule has 0 aromatic heterocycles. The maximum absolute atomic E-state index is 5.68. The highest BCUT2D eigenvalue weighted by molar-refractivity contribution is 4.74. The molecule has 3 aliphatic rings. The summed E-state index contributed by atoms with van der Waals surface area (Å²) in [6.45, 7) is 5.23. The molecule has 0 radical (unpaired) electrons. The molecule has 18 heavy (non-hydrogen) atoms. The highest BCUT2D eigenvalue weighted by atomic mass is 16.6. The quantitative estimate of drug-likeness (QED) is 0.619. The van der Waals surface area contributed by atoms with Crippen molar-refractivity contribution in [1.29, 1.82) is 0 Å². The van der Waals surface area contributed by atoms with Gasteiger partial charge in [0.15, 0.2) is 0 Å². The van der Waals surface area contributed by atoms with Crippen molar-refractivity contribution in [3.05, 3.63) is 0 Å². The average Bonchev–Trinajstić information content (AvgIpc) is 3.25. The van der Waals surface area contributed by atoms with Crippen molar-refractivity contribution < 1.29 is 18.9 Å². The van der Waals surface area contributed by atoms with Gasteiger partial charge < -0.3 is 18.9 Å². The predicted octanol–water partition coefficient (Wildman–Crippen LogP) is 1.62. The van der Waals surface area contributed by atoms with Gasteiger partial charge in [0.2, 0.25) is 0 Å². The molecule has 104 valence electrons. The van der Waals surface area contributed by atoms with Crippen LogP contribution in [0.1, 0.15) is 25.7 Å². The van der Waals surface area contributed by atoms with E-state index in [-0.39, 0.29) is 0 Å². The largest absolute Gasteiger partial charge is 0.378 e. The summed E-state index contributed by atoms with van der Waals surface area (Å²) in [5, 5.41) is 0. The molecule has 2 atom stereocenters. The van der Waals surface area contributed by atoms with E-state index in [1.54, 1.807) is 0 Å². The highest BCUT2D eigenvalue weighted by Crippen LogP contribution is 2.29. The second-order valence-corrected chi connectivity index (χ2v) is 5.87. The zero-order chi connectivity index (χ0) is 12.2. The van der Waals surface area contributed by atoms with Crippen LogP contribution in [-0.2, 0) is 18.9 Å². The van der Waals surface area contributed by atoms with Gasteiger partial charge in [-0.2, -0.15) is 0 Å². The van der Waals surface area contributed by atoms with Gasteiger partial charge in [0.1, 0.15) is 12.2 Å². The Kier molecular flexibility index (Phi) is 4.52. The van der Waals surface area contributed by atoms with Gasteiger partial charge in [-0.25, -0.2) is 0 Å². The van der Waals surface area contributed by atoms with E-state index in [2.05, 4.69) is 0 Å². The van der Waals surface area contributed by atoms with Crippen LogP contribution < -0.4 is 0 Å². The first-order valence-electron chi connectivity index (χ1n) is 7.29. The van der Waals surface area contributed by atoms with E-state index >= 15 is 0 Å². The van der Waals surface area contributed by atoms with Crippen molar-refractivity contribution >= 4 is 0 Å². The smallest absolute Gasteiger partial charge is 0.104 e. The summed E-state index contributed by atoms with van der Waals surface area (Å²) >= 11 is 0. The van der Waals surface area contributed by atoms with Gasteiger partial charge in [0, 0.05) is 13.2 Å². The zero-order valence-corrected chi connectivity index (χ0v) is 11.0. The van der Waals surface area contributed by atoms with Gasteiger partial charge >= 0.3 is 0 Å². The zero-order valence-electron chi connectivity index (χ0n) is 11.0. The molecular weight excluding hydrogens is 232 g/mol. The molecule has 0 bridgehead atoms.